The maximum Gasteiger partial charge on any atom is 0.161 e. The van der Waals surface area contributed by atoms with E-state index in [0.717, 1.165) is 27.7 Å². The van der Waals surface area contributed by atoms with Crippen molar-refractivity contribution in [3.8, 4) is 11.4 Å². The molecule has 2 nitrogen and oxygen atoms in total. The van der Waals surface area contributed by atoms with Crippen LogP contribution in [0.1, 0.15) is 18.2 Å². The summed E-state index contributed by atoms with van der Waals surface area (Å²) in [7, 11) is 0. The zero-order chi connectivity index (χ0) is 13.3. The maximum atomic E-state index is 13.1. The molecule has 1 heterocycles. The minimum absolute atomic E-state index is 0.268. The first kappa shape index (κ1) is 13.4. The molecule has 0 aliphatic carbocycles. The summed E-state index contributed by atoms with van der Waals surface area (Å²) in [6.45, 7) is 3.81. The third kappa shape index (κ3) is 2.54. The molecule has 5 heteroatoms. The summed E-state index contributed by atoms with van der Waals surface area (Å²) in [4.78, 5) is 8.67. The lowest BCUT2D eigenvalue weighted by atomic mass is 10.1. The van der Waals surface area contributed by atoms with Crippen molar-refractivity contribution >= 4 is 27.5 Å². The van der Waals surface area contributed by atoms with E-state index >= 15 is 0 Å². The Hall–Kier alpha value is -1.00. The second-order valence-corrected chi connectivity index (χ2v) is 5.06. The molecule has 2 aromatic rings. The van der Waals surface area contributed by atoms with E-state index < -0.39 is 0 Å². The smallest absolute Gasteiger partial charge is 0.161 e. The fourth-order valence-corrected chi connectivity index (χ4v) is 2.34. The monoisotopic (exact) mass is 328 g/mol. The third-order valence-corrected chi connectivity index (χ3v) is 3.98. The Morgan fingerprint density at radius 3 is 2.67 bits per heavy atom. The molecule has 0 bridgehead atoms. The van der Waals surface area contributed by atoms with Gasteiger partial charge in [-0.1, -0.05) is 18.5 Å². The first-order valence-electron chi connectivity index (χ1n) is 5.51. The number of halogens is 3. The minimum atomic E-state index is -0.268. The SMILES string of the molecule is CCc1nc(-c2ccc(F)cc2C)nc(Cl)c1Br. The number of aromatic nitrogens is 2. The Morgan fingerprint density at radius 1 is 1.33 bits per heavy atom. The number of aryl methyl sites for hydroxylation is 2. The lowest BCUT2D eigenvalue weighted by Crippen LogP contribution is -1.99. The van der Waals surface area contributed by atoms with Gasteiger partial charge in [-0.05, 0) is 53.0 Å². The van der Waals surface area contributed by atoms with Gasteiger partial charge in [-0.2, -0.15) is 0 Å². The van der Waals surface area contributed by atoms with Crippen molar-refractivity contribution in [2.45, 2.75) is 20.3 Å². The first-order chi connectivity index (χ1) is 8.52. The predicted molar refractivity (Wildman–Crippen MR) is 74.3 cm³/mol. The van der Waals surface area contributed by atoms with Crippen LogP contribution in [-0.2, 0) is 6.42 Å². The zero-order valence-electron chi connectivity index (χ0n) is 9.97. The molecular weight excluding hydrogens is 319 g/mol. The summed E-state index contributed by atoms with van der Waals surface area (Å²) in [5.41, 5.74) is 2.42. The van der Waals surface area contributed by atoms with Crippen molar-refractivity contribution in [2.24, 2.45) is 0 Å². The molecule has 0 saturated heterocycles. The molecule has 0 N–H and O–H groups in total. The molecule has 0 amide bonds. The van der Waals surface area contributed by atoms with Gasteiger partial charge in [-0.15, -0.1) is 0 Å². The Morgan fingerprint density at radius 2 is 2.06 bits per heavy atom. The summed E-state index contributed by atoms with van der Waals surface area (Å²) in [6, 6.07) is 4.52. The summed E-state index contributed by atoms with van der Waals surface area (Å²) in [6.07, 6.45) is 0.746. The molecule has 1 aromatic heterocycles. The average Bonchev–Trinajstić information content (AvgIpc) is 2.32. The normalized spacial score (nSPS) is 10.7. The highest BCUT2D eigenvalue weighted by Crippen LogP contribution is 2.28. The van der Waals surface area contributed by atoms with Gasteiger partial charge in [0, 0.05) is 5.56 Å². The lowest BCUT2D eigenvalue weighted by molar-refractivity contribution is 0.627. The molecule has 0 unspecified atom stereocenters. The van der Waals surface area contributed by atoms with Crippen molar-refractivity contribution in [2.75, 3.05) is 0 Å². The van der Waals surface area contributed by atoms with E-state index in [9.17, 15) is 4.39 Å². The predicted octanol–water partition coefficient (Wildman–Crippen LogP) is 4.57. The zero-order valence-corrected chi connectivity index (χ0v) is 12.3. The van der Waals surface area contributed by atoms with Crippen molar-refractivity contribution in [3.05, 3.63) is 44.9 Å². The number of nitrogens with zero attached hydrogens (tertiary/aromatic N) is 2. The van der Waals surface area contributed by atoms with Gasteiger partial charge in [0.2, 0.25) is 0 Å². The van der Waals surface area contributed by atoms with E-state index in [2.05, 4.69) is 25.9 Å². The van der Waals surface area contributed by atoms with Crippen LogP contribution in [-0.4, -0.2) is 9.97 Å². The highest BCUT2D eigenvalue weighted by atomic mass is 79.9. The molecule has 18 heavy (non-hydrogen) atoms. The van der Waals surface area contributed by atoms with Crippen LogP contribution >= 0.6 is 27.5 Å². The highest BCUT2D eigenvalue weighted by molar-refractivity contribution is 9.10. The van der Waals surface area contributed by atoms with Gasteiger partial charge in [0.25, 0.3) is 0 Å². The van der Waals surface area contributed by atoms with Crippen LogP contribution in [0.2, 0.25) is 5.15 Å². The molecule has 0 fully saturated rings. The largest absolute Gasteiger partial charge is 0.232 e. The van der Waals surface area contributed by atoms with Crippen molar-refractivity contribution in [3.63, 3.8) is 0 Å². The van der Waals surface area contributed by atoms with Crippen LogP contribution in [0.5, 0.6) is 0 Å². The van der Waals surface area contributed by atoms with Gasteiger partial charge < -0.3 is 0 Å². The van der Waals surface area contributed by atoms with Gasteiger partial charge in [-0.3, -0.25) is 0 Å². The van der Waals surface area contributed by atoms with Crippen molar-refractivity contribution in [1.82, 2.24) is 9.97 Å². The second-order valence-electron chi connectivity index (χ2n) is 3.91. The van der Waals surface area contributed by atoms with E-state index in [1.54, 1.807) is 6.07 Å². The van der Waals surface area contributed by atoms with Crippen molar-refractivity contribution < 1.29 is 4.39 Å². The van der Waals surface area contributed by atoms with Crippen LogP contribution in [0.15, 0.2) is 22.7 Å². The molecule has 0 atom stereocenters. The number of hydrogen-bond acceptors (Lipinski definition) is 2. The van der Waals surface area contributed by atoms with Gasteiger partial charge in [0.05, 0.1) is 10.2 Å². The molecule has 0 spiro atoms. The van der Waals surface area contributed by atoms with Crippen LogP contribution in [0.25, 0.3) is 11.4 Å². The fourth-order valence-electron chi connectivity index (χ4n) is 1.70. The van der Waals surface area contributed by atoms with Crippen LogP contribution in [0.4, 0.5) is 4.39 Å². The third-order valence-electron chi connectivity index (χ3n) is 2.64. The molecule has 94 valence electrons. The van der Waals surface area contributed by atoms with E-state index in [-0.39, 0.29) is 5.82 Å². The van der Waals surface area contributed by atoms with Crippen LogP contribution in [0, 0.1) is 12.7 Å². The summed E-state index contributed by atoms with van der Waals surface area (Å²) in [5, 5.41) is 0.376. The maximum absolute atomic E-state index is 13.1. The highest BCUT2D eigenvalue weighted by Gasteiger charge is 2.12. The fraction of sp³-hybridized carbons (Fsp3) is 0.231. The molecule has 0 aliphatic rings. The van der Waals surface area contributed by atoms with E-state index in [4.69, 9.17) is 11.6 Å². The summed E-state index contributed by atoms with van der Waals surface area (Å²) in [5.74, 6) is 0.257. The van der Waals surface area contributed by atoms with E-state index in [1.165, 1.54) is 12.1 Å². The Kier molecular flexibility index (Phi) is 3.97. The first-order valence-corrected chi connectivity index (χ1v) is 6.68. The van der Waals surface area contributed by atoms with Gasteiger partial charge >= 0.3 is 0 Å². The number of benzene rings is 1. The van der Waals surface area contributed by atoms with E-state index in [0.29, 0.717) is 11.0 Å². The molecule has 1 aromatic carbocycles. The number of hydrogen-bond donors (Lipinski definition) is 0. The average molecular weight is 330 g/mol. The van der Waals surface area contributed by atoms with Gasteiger partial charge in [-0.25, -0.2) is 14.4 Å². The molecule has 0 saturated carbocycles. The summed E-state index contributed by atoms with van der Waals surface area (Å²) < 4.78 is 13.8. The Balaban J connectivity index is 2.60. The second kappa shape index (κ2) is 5.33. The Labute approximate surface area is 118 Å². The standard InChI is InChI=1S/C13H11BrClFN2/c1-3-10-11(14)12(15)18-13(17-10)9-5-4-8(16)6-7(9)2/h4-6H,3H2,1-2H3. The minimum Gasteiger partial charge on any atom is -0.232 e. The summed E-state index contributed by atoms with van der Waals surface area (Å²) >= 11 is 9.42. The van der Waals surface area contributed by atoms with Crippen LogP contribution in [0.3, 0.4) is 0 Å². The molecule has 2 rings (SSSR count). The van der Waals surface area contributed by atoms with E-state index in [1.807, 2.05) is 13.8 Å². The molecule has 0 aliphatic heterocycles. The van der Waals surface area contributed by atoms with Crippen molar-refractivity contribution in [1.29, 1.82) is 0 Å². The van der Waals surface area contributed by atoms with Crippen LogP contribution < -0.4 is 0 Å². The quantitative estimate of drug-likeness (QED) is 0.754. The Bertz CT molecular complexity index is 602. The molecule has 0 radical (unpaired) electrons. The topological polar surface area (TPSA) is 25.8 Å². The molecular formula is C13H11BrClFN2. The van der Waals surface area contributed by atoms with Gasteiger partial charge in [0.1, 0.15) is 11.0 Å². The van der Waals surface area contributed by atoms with Gasteiger partial charge in [0.15, 0.2) is 5.82 Å². The lowest BCUT2D eigenvalue weighted by Gasteiger charge is -2.08. The number of rotatable bonds is 2.